The van der Waals surface area contributed by atoms with E-state index in [1.54, 1.807) is 24.3 Å². The van der Waals surface area contributed by atoms with Crippen LogP contribution in [0.2, 0.25) is 0 Å². The SMILES string of the molecule is C[C@H](NC(=O)CN1C(=O)c2ccccc2C1=O)C12CC3CC(CC(C3)C1)C2. The van der Waals surface area contributed by atoms with Gasteiger partial charge in [0.25, 0.3) is 11.8 Å². The highest BCUT2D eigenvalue weighted by atomic mass is 16.2. The molecule has 0 saturated heterocycles. The van der Waals surface area contributed by atoms with E-state index >= 15 is 0 Å². The van der Waals surface area contributed by atoms with E-state index in [2.05, 4.69) is 12.2 Å². The van der Waals surface area contributed by atoms with Crippen LogP contribution in [0.3, 0.4) is 0 Å². The van der Waals surface area contributed by atoms with E-state index < -0.39 is 0 Å². The molecule has 4 fully saturated rings. The number of carbonyl (C=O) groups is 3. The first kappa shape index (κ1) is 17.0. The number of imide groups is 1. The van der Waals surface area contributed by atoms with Crippen molar-refractivity contribution in [2.75, 3.05) is 6.54 Å². The Bertz CT molecular complexity index is 760. The minimum atomic E-state index is -0.367. The molecule has 142 valence electrons. The predicted octanol–water partition coefficient (Wildman–Crippen LogP) is 3.00. The van der Waals surface area contributed by atoms with Gasteiger partial charge in [-0.2, -0.15) is 0 Å². The quantitative estimate of drug-likeness (QED) is 0.833. The van der Waals surface area contributed by atoms with Crippen molar-refractivity contribution < 1.29 is 14.4 Å². The number of carbonyl (C=O) groups excluding carboxylic acids is 3. The minimum absolute atomic E-state index is 0.0913. The topological polar surface area (TPSA) is 66.5 Å². The first-order valence-electron chi connectivity index (χ1n) is 10.2. The van der Waals surface area contributed by atoms with Crippen LogP contribution < -0.4 is 5.32 Å². The van der Waals surface area contributed by atoms with Gasteiger partial charge < -0.3 is 5.32 Å². The zero-order chi connectivity index (χ0) is 18.8. The largest absolute Gasteiger partial charge is 0.352 e. The van der Waals surface area contributed by atoms with Gasteiger partial charge in [-0.15, -0.1) is 0 Å². The van der Waals surface area contributed by atoms with Crippen molar-refractivity contribution in [1.82, 2.24) is 10.2 Å². The second-order valence-corrected chi connectivity index (χ2v) is 9.31. The summed E-state index contributed by atoms with van der Waals surface area (Å²) in [5.74, 6) is 1.51. The van der Waals surface area contributed by atoms with Crippen LogP contribution in [0.5, 0.6) is 0 Å². The molecule has 1 heterocycles. The molecule has 6 rings (SSSR count). The molecule has 1 aliphatic heterocycles. The minimum Gasteiger partial charge on any atom is -0.352 e. The molecule has 27 heavy (non-hydrogen) atoms. The number of hydrogen-bond donors (Lipinski definition) is 1. The van der Waals surface area contributed by atoms with Crippen molar-refractivity contribution in [2.45, 2.75) is 51.5 Å². The summed E-state index contributed by atoms with van der Waals surface area (Å²) in [6.07, 6.45) is 7.76. The molecule has 5 aliphatic rings. The number of rotatable bonds is 4. The molecule has 5 nitrogen and oxygen atoms in total. The van der Waals surface area contributed by atoms with Crippen LogP contribution >= 0.6 is 0 Å². The highest BCUT2D eigenvalue weighted by molar-refractivity contribution is 6.22. The summed E-state index contributed by atoms with van der Waals surface area (Å²) in [5, 5.41) is 3.15. The summed E-state index contributed by atoms with van der Waals surface area (Å²) in [7, 11) is 0. The number of amides is 3. The maximum atomic E-state index is 12.7. The lowest BCUT2D eigenvalue weighted by atomic mass is 9.48. The normalized spacial score (nSPS) is 34.7. The van der Waals surface area contributed by atoms with Crippen LogP contribution in [0.4, 0.5) is 0 Å². The molecule has 0 spiro atoms. The van der Waals surface area contributed by atoms with Gasteiger partial charge in [0.15, 0.2) is 0 Å². The van der Waals surface area contributed by atoms with Gasteiger partial charge >= 0.3 is 0 Å². The van der Waals surface area contributed by atoms with E-state index in [0.717, 1.165) is 22.7 Å². The Balaban J connectivity index is 1.27. The van der Waals surface area contributed by atoms with Gasteiger partial charge in [-0.3, -0.25) is 19.3 Å². The van der Waals surface area contributed by atoms with E-state index in [4.69, 9.17) is 0 Å². The standard InChI is InChI=1S/C22H26N2O3/c1-13(22-9-14-6-15(10-22)8-16(7-14)11-22)23-19(25)12-24-20(26)17-4-2-3-5-18(17)21(24)27/h2-5,13-16H,6-12H2,1H3,(H,23,25)/t13-,14?,15?,16?,22?/m0/s1. The van der Waals surface area contributed by atoms with Crippen LogP contribution in [0.15, 0.2) is 24.3 Å². The first-order chi connectivity index (χ1) is 12.9. The van der Waals surface area contributed by atoms with E-state index in [0.29, 0.717) is 11.1 Å². The van der Waals surface area contributed by atoms with E-state index in [9.17, 15) is 14.4 Å². The second-order valence-electron chi connectivity index (χ2n) is 9.31. The summed E-state index contributed by atoms with van der Waals surface area (Å²) < 4.78 is 0. The lowest BCUT2D eigenvalue weighted by Crippen LogP contribution is -2.56. The molecule has 0 radical (unpaired) electrons. The lowest BCUT2D eigenvalue weighted by molar-refractivity contribution is -0.126. The van der Waals surface area contributed by atoms with Crippen molar-refractivity contribution in [2.24, 2.45) is 23.2 Å². The van der Waals surface area contributed by atoms with Crippen LogP contribution in [0, 0.1) is 23.2 Å². The Hall–Kier alpha value is -2.17. The molecular formula is C22H26N2O3. The molecule has 1 N–H and O–H groups in total. The Kier molecular flexibility index (Phi) is 3.72. The Morgan fingerprint density at radius 2 is 1.52 bits per heavy atom. The van der Waals surface area contributed by atoms with E-state index in [1.165, 1.54) is 38.5 Å². The fourth-order valence-electron chi connectivity index (χ4n) is 6.67. The number of nitrogens with one attached hydrogen (secondary N) is 1. The summed E-state index contributed by atoms with van der Waals surface area (Å²) in [4.78, 5) is 38.7. The smallest absolute Gasteiger partial charge is 0.262 e. The molecule has 3 amide bonds. The molecule has 4 bridgehead atoms. The number of benzene rings is 1. The van der Waals surface area contributed by atoms with Crippen molar-refractivity contribution in [3.8, 4) is 0 Å². The fourth-order valence-corrected chi connectivity index (χ4v) is 6.67. The Morgan fingerprint density at radius 1 is 1.04 bits per heavy atom. The van der Waals surface area contributed by atoms with Gasteiger partial charge in [0.2, 0.25) is 5.91 Å². The molecule has 5 heteroatoms. The number of fused-ring (bicyclic) bond motifs is 1. The summed E-state index contributed by atoms with van der Waals surface area (Å²) in [6.45, 7) is 1.93. The molecule has 1 aromatic carbocycles. The summed E-state index contributed by atoms with van der Waals surface area (Å²) >= 11 is 0. The zero-order valence-electron chi connectivity index (χ0n) is 15.7. The van der Waals surface area contributed by atoms with Crippen LogP contribution in [0.1, 0.15) is 66.2 Å². The molecule has 1 aromatic rings. The third kappa shape index (κ3) is 2.62. The lowest BCUT2D eigenvalue weighted by Gasteiger charge is -2.59. The van der Waals surface area contributed by atoms with Crippen molar-refractivity contribution in [1.29, 1.82) is 0 Å². The van der Waals surface area contributed by atoms with Gasteiger partial charge in [0.05, 0.1) is 11.1 Å². The van der Waals surface area contributed by atoms with Crippen LogP contribution in [-0.4, -0.2) is 35.2 Å². The monoisotopic (exact) mass is 366 g/mol. The number of nitrogens with zero attached hydrogens (tertiary/aromatic N) is 1. The predicted molar refractivity (Wildman–Crippen MR) is 100 cm³/mol. The van der Waals surface area contributed by atoms with Crippen molar-refractivity contribution in [3.05, 3.63) is 35.4 Å². The van der Waals surface area contributed by atoms with Crippen molar-refractivity contribution >= 4 is 17.7 Å². The van der Waals surface area contributed by atoms with Crippen molar-refractivity contribution in [3.63, 3.8) is 0 Å². The second kappa shape index (κ2) is 5.91. The number of hydrogen-bond acceptors (Lipinski definition) is 3. The molecule has 1 atom stereocenters. The maximum Gasteiger partial charge on any atom is 0.262 e. The molecular weight excluding hydrogens is 340 g/mol. The molecule has 0 unspecified atom stereocenters. The van der Waals surface area contributed by atoms with Gasteiger partial charge in [-0.05, 0) is 80.8 Å². The summed E-state index contributed by atoms with van der Waals surface area (Å²) in [5.41, 5.74) is 1.00. The third-order valence-corrected chi connectivity index (χ3v) is 7.56. The average Bonchev–Trinajstić information content (AvgIpc) is 2.86. The van der Waals surface area contributed by atoms with Gasteiger partial charge in [-0.1, -0.05) is 12.1 Å². The highest BCUT2D eigenvalue weighted by Gasteiger charge is 2.53. The van der Waals surface area contributed by atoms with Gasteiger partial charge in [0.1, 0.15) is 6.54 Å². The zero-order valence-corrected chi connectivity index (χ0v) is 15.7. The maximum absolute atomic E-state index is 12.7. The third-order valence-electron chi connectivity index (χ3n) is 7.56. The van der Waals surface area contributed by atoms with Gasteiger partial charge in [0, 0.05) is 6.04 Å². The highest BCUT2D eigenvalue weighted by Crippen LogP contribution is 2.61. The molecule has 4 saturated carbocycles. The van der Waals surface area contributed by atoms with Gasteiger partial charge in [-0.25, -0.2) is 0 Å². The Morgan fingerprint density at radius 3 is 2.00 bits per heavy atom. The first-order valence-corrected chi connectivity index (χ1v) is 10.2. The fraction of sp³-hybridized carbons (Fsp3) is 0.591. The van der Waals surface area contributed by atoms with Crippen LogP contribution in [0.25, 0.3) is 0 Å². The summed E-state index contributed by atoms with van der Waals surface area (Å²) in [6, 6.07) is 6.86. The average molecular weight is 366 g/mol. The molecule has 4 aliphatic carbocycles. The Labute approximate surface area is 159 Å². The molecule has 0 aromatic heterocycles. The van der Waals surface area contributed by atoms with Crippen LogP contribution in [-0.2, 0) is 4.79 Å². The van der Waals surface area contributed by atoms with E-state index in [1.807, 2.05) is 0 Å². The van der Waals surface area contributed by atoms with E-state index in [-0.39, 0.29) is 35.7 Å².